The van der Waals surface area contributed by atoms with Crippen molar-refractivity contribution in [2.45, 2.75) is 93.9 Å². The second-order valence-electron chi connectivity index (χ2n) is 14.0. The molecule has 2 aromatic heterocycles. The maximum absolute atomic E-state index is 12.2. The van der Waals surface area contributed by atoms with E-state index in [-0.39, 0.29) is 42.5 Å². The first-order valence-electron chi connectivity index (χ1n) is 17.5. The van der Waals surface area contributed by atoms with Crippen LogP contribution >= 0.6 is 11.3 Å². The van der Waals surface area contributed by atoms with Crippen molar-refractivity contribution in [3.8, 4) is 11.3 Å². The van der Waals surface area contributed by atoms with Gasteiger partial charge < -0.3 is 5.11 Å². The fraction of sp³-hybridized carbons (Fsp3) is 0.364. The van der Waals surface area contributed by atoms with Crippen molar-refractivity contribution in [3.63, 3.8) is 0 Å². The van der Waals surface area contributed by atoms with E-state index < -0.39 is 0 Å². The van der Waals surface area contributed by atoms with Crippen molar-refractivity contribution in [3.05, 3.63) is 102 Å². The van der Waals surface area contributed by atoms with Crippen molar-refractivity contribution >= 4 is 58.8 Å². The van der Waals surface area contributed by atoms with Gasteiger partial charge in [-0.1, -0.05) is 115 Å². The molecule has 1 radical (unpaired) electrons. The summed E-state index contributed by atoms with van der Waals surface area (Å²) in [5.74, 6) is 0.694. The summed E-state index contributed by atoms with van der Waals surface area (Å²) in [6.45, 7) is 18.8. The summed E-state index contributed by atoms with van der Waals surface area (Å²) < 4.78 is 2.60. The Labute approximate surface area is 310 Å². The van der Waals surface area contributed by atoms with E-state index in [0.29, 0.717) is 5.92 Å². The van der Waals surface area contributed by atoms with Gasteiger partial charge in [0, 0.05) is 63.7 Å². The molecule has 0 saturated heterocycles. The number of carbonyl (C=O) groups is 1. The zero-order chi connectivity index (χ0) is 34.8. The van der Waals surface area contributed by atoms with Gasteiger partial charge in [-0.05, 0) is 66.3 Å². The summed E-state index contributed by atoms with van der Waals surface area (Å²) in [6, 6.07) is 27.8. The smallest absolute Gasteiger partial charge is 0.164 e. The summed E-state index contributed by atoms with van der Waals surface area (Å²) >= 11 is 1.85. The molecule has 49 heavy (non-hydrogen) atoms. The van der Waals surface area contributed by atoms with Gasteiger partial charge in [0.1, 0.15) is 5.76 Å². The number of ketones is 1. The Morgan fingerprint density at radius 2 is 1.49 bits per heavy atom. The quantitative estimate of drug-likeness (QED) is 0.0682. The van der Waals surface area contributed by atoms with E-state index in [1.165, 1.54) is 53.5 Å². The van der Waals surface area contributed by atoms with Crippen molar-refractivity contribution in [2.24, 2.45) is 10.8 Å². The molecule has 1 N–H and O–H groups in total. The zero-order valence-corrected chi connectivity index (χ0v) is 33.7. The molecule has 6 aromatic rings. The normalized spacial score (nSPS) is 12.4. The number of hydrogen-bond acceptors (Lipinski definition) is 4. The SMILES string of the molecule is CCC(C)(CC)C(=O)/C=C(\O)C(C)(CC)CC.Cc1cccc2c1sc1c(-c3[c-]c4ccc5ccccc5c4c(C(C)C)c3)nccc12.[Ir]. The van der Waals surface area contributed by atoms with Gasteiger partial charge in [0.25, 0.3) is 0 Å². The maximum atomic E-state index is 12.2. The number of allylic oxidation sites excluding steroid dienone is 2. The number of rotatable bonds is 9. The van der Waals surface area contributed by atoms with Crippen LogP contribution in [0.1, 0.15) is 98.1 Å². The molecular formula is C44H50IrNO2S-. The van der Waals surface area contributed by atoms with Gasteiger partial charge in [0.05, 0.1) is 0 Å². The Bertz CT molecular complexity index is 2130. The van der Waals surface area contributed by atoms with E-state index in [2.05, 4.69) is 93.6 Å². The Hall–Kier alpha value is -3.37. The molecule has 0 amide bonds. The summed E-state index contributed by atoms with van der Waals surface area (Å²) in [6.07, 6.45) is 6.70. The van der Waals surface area contributed by atoms with E-state index >= 15 is 0 Å². The standard InChI is InChI=1S/C29H22NS.C15H28O2.Ir/c1-17(2)25-16-21(15-20-12-11-19-8-4-5-9-22(19)26(20)25)27-29-24(13-14-30-27)23-10-6-7-18(3)28(23)31-29;1-7-14(5,8-2)12(16)11-13(17)15(6,9-3)10-4;/h4-14,16-17H,1-3H3;11,16H,7-10H2,1-6H3;/q-1;;/b;12-11-;. The van der Waals surface area contributed by atoms with Crippen molar-refractivity contribution < 1.29 is 30.0 Å². The minimum Gasteiger partial charge on any atom is -0.512 e. The number of aliphatic hydroxyl groups is 1. The number of carbonyl (C=O) groups excluding carboxylic acids is 1. The Morgan fingerprint density at radius 3 is 2.14 bits per heavy atom. The number of aliphatic hydroxyl groups excluding tert-OH is 1. The van der Waals surface area contributed by atoms with Crippen LogP contribution in [0.15, 0.2) is 84.8 Å². The molecule has 3 nitrogen and oxygen atoms in total. The average Bonchev–Trinajstić information content (AvgIpc) is 3.50. The number of benzene rings is 4. The molecule has 0 atom stereocenters. The van der Waals surface area contributed by atoms with E-state index in [1.807, 2.05) is 59.1 Å². The van der Waals surface area contributed by atoms with Crippen molar-refractivity contribution in [1.82, 2.24) is 4.98 Å². The van der Waals surface area contributed by atoms with E-state index in [9.17, 15) is 9.90 Å². The van der Waals surface area contributed by atoms with Gasteiger partial charge in [-0.3, -0.25) is 9.78 Å². The maximum Gasteiger partial charge on any atom is 0.164 e. The predicted molar refractivity (Wildman–Crippen MR) is 208 cm³/mol. The molecular weight excluding hydrogens is 799 g/mol. The first kappa shape index (κ1) is 38.4. The van der Waals surface area contributed by atoms with Crippen molar-refractivity contribution in [1.29, 1.82) is 0 Å². The fourth-order valence-corrected chi connectivity index (χ4v) is 7.69. The Morgan fingerprint density at radius 1 is 0.857 bits per heavy atom. The van der Waals surface area contributed by atoms with Gasteiger partial charge >= 0.3 is 0 Å². The van der Waals surface area contributed by atoms with Crippen LogP contribution in [0.5, 0.6) is 0 Å². The molecule has 2 heterocycles. The Kier molecular flexibility index (Phi) is 12.3. The number of nitrogens with zero attached hydrogens (tertiary/aromatic N) is 1. The molecule has 5 heteroatoms. The van der Waals surface area contributed by atoms with Gasteiger partial charge in [-0.25, -0.2) is 0 Å². The zero-order valence-electron chi connectivity index (χ0n) is 30.5. The molecule has 0 unspecified atom stereocenters. The third kappa shape index (κ3) is 7.41. The summed E-state index contributed by atoms with van der Waals surface area (Å²) in [5.41, 5.74) is 4.20. The first-order chi connectivity index (χ1) is 22.9. The van der Waals surface area contributed by atoms with Gasteiger partial charge in [-0.15, -0.1) is 40.5 Å². The molecule has 0 bridgehead atoms. The van der Waals surface area contributed by atoms with Crippen LogP contribution in [0.3, 0.4) is 0 Å². The number of aromatic nitrogens is 1. The summed E-state index contributed by atoms with van der Waals surface area (Å²) in [5, 5.41) is 17.8. The number of pyridine rings is 1. The van der Waals surface area contributed by atoms with Crippen LogP contribution in [0, 0.1) is 23.8 Å². The van der Waals surface area contributed by atoms with Crippen LogP contribution < -0.4 is 0 Å². The van der Waals surface area contributed by atoms with Crippen LogP contribution in [0.2, 0.25) is 0 Å². The van der Waals surface area contributed by atoms with Crippen LogP contribution in [-0.4, -0.2) is 15.9 Å². The third-order valence-electron chi connectivity index (χ3n) is 10.9. The van der Waals surface area contributed by atoms with Crippen molar-refractivity contribution in [2.75, 3.05) is 0 Å². The molecule has 0 aliphatic heterocycles. The van der Waals surface area contributed by atoms with Gasteiger partial charge in [-0.2, -0.15) is 0 Å². The van der Waals surface area contributed by atoms with E-state index in [0.717, 1.165) is 42.3 Å². The number of thiophene rings is 1. The summed E-state index contributed by atoms with van der Waals surface area (Å²) in [4.78, 5) is 17.0. The molecule has 0 saturated carbocycles. The predicted octanol–water partition coefficient (Wildman–Crippen LogP) is 13.3. The number of hydrogen-bond donors (Lipinski definition) is 1. The van der Waals surface area contributed by atoms with Gasteiger partial charge in [0.15, 0.2) is 5.78 Å². The second kappa shape index (κ2) is 15.7. The number of aryl methyl sites for hydroxylation is 1. The topological polar surface area (TPSA) is 50.2 Å². The average molecular weight is 849 g/mol. The molecule has 0 aliphatic carbocycles. The largest absolute Gasteiger partial charge is 0.512 e. The molecule has 4 aromatic carbocycles. The minimum atomic E-state index is -0.337. The van der Waals surface area contributed by atoms with Crippen LogP contribution in [0.4, 0.5) is 0 Å². The first-order valence-corrected chi connectivity index (χ1v) is 18.3. The molecule has 0 spiro atoms. The van der Waals surface area contributed by atoms with E-state index in [1.54, 1.807) is 0 Å². The fourth-order valence-electron chi connectivity index (χ4n) is 6.42. The minimum absolute atomic E-state index is 0. The van der Waals surface area contributed by atoms with Crippen LogP contribution in [-0.2, 0) is 24.9 Å². The van der Waals surface area contributed by atoms with E-state index in [4.69, 9.17) is 4.98 Å². The summed E-state index contributed by atoms with van der Waals surface area (Å²) in [7, 11) is 0. The number of fused-ring (bicyclic) bond motifs is 6. The molecule has 6 rings (SSSR count). The molecule has 0 aliphatic rings. The second-order valence-corrected chi connectivity index (χ2v) is 15.0. The van der Waals surface area contributed by atoms with Gasteiger partial charge in [0.2, 0.25) is 0 Å². The molecule has 0 fully saturated rings. The van der Waals surface area contributed by atoms with Crippen LogP contribution in [0.25, 0.3) is 53.0 Å². The molecule has 259 valence electrons. The monoisotopic (exact) mass is 849 g/mol. The Balaban J connectivity index is 0.000000260. The third-order valence-corrected chi connectivity index (χ3v) is 12.2.